The molecule has 2 aliphatic rings. The van der Waals surface area contributed by atoms with Gasteiger partial charge in [0.25, 0.3) is 0 Å². The Balaban J connectivity index is 1.67. The van der Waals surface area contributed by atoms with Crippen molar-refractivity contribution in [3.05, 3.63) is 47.8 Å². The molecule has 1 saturated heterocycles. The van der Waals surface area contributed by atoms with E-state index in [2.05, 4.69) is 48.0 Å². The van der Waals surface area contributed by atoms with Crippen LogP contribution >= 0.6 is 0 Å². The van der Waals surface area contributed by atoms with Crippen molar-refractivity contribution in [1.29, 1.82) is 0 Å². The fourth-order valence-electron chi connectivity index (χ4n) is 3.72. The molecular formula is C21H31FN4. The van der Waals surface area contributed by atoms with Gasteiger partial charge in [0, 0.05) is 44.2 Å². The zero-order valence-electron chi connectivity index (χ0n) is 16.2. The Labute approximate surface area is 156 Å². The number of halogens is 1. The molecule has 0 saturated carbocycles. The lowest BCUT2D eigenvalue weighted by atomic mass is 9.85. The highest BCUT2D eigenvalue weighted by molar-refractivity contribution is 5.80. The van der Waals surface area contributed by atoms with Crippen LogP contribution in [-0.2, 0) is 5.41 Å². The first kappa shape index (κ1) is 18.9. The second-order valence-corrected chi connectivity index (χ2v) is 7.88. The zero-order chi connectivity index (χ0) is 18.6. The van der Waals surface area contributed by atoms with Crippen LogP contribution in [0.4, 0.5) is 4.39 Å². The monoisotopic (exact) mass is 358 g/mol. The fourth-order valence-corrected chi connectivity index (χ4v) is 3.72. The molecule has 1 atom stereocenters. The molecule has 2 heterocycles. The average Bonchev–Trinajstić information content (AvgIpc) is 3.29. The van der Waals surface area contributed by atoms with Crippen LogP contribution in [0.3, 0.4) is 0 Å². The van der Waals surface area contributed by atoms with E-state index >= 15 is 0 Å². The van der Waals surface area contributed by atoms with Gasteiger partial charge in [0.15, 0.2) is 5.96 Å². The first-order chi connectivity index (χ1) is 12.5. The van der Waals surface area contributed by atoms with E-state index in [1.807, 2.05) is 6.07 Å². The van der Waals surface area contributed by atoms with Gasteiger partial charge in [0.05, 0.1) is 6.54 Å². The van der Waals surface area contributed by atoms with Gasteiger partial charge in [-0.2, -0.15) is 0 Å². The van der Waals surface area contributed by atoms with Crippen LogP contribution in [0.25, 0.3) is 0 Å². The topological polar surface area (TPSA) is 30.9 Å². The molecule has 0 amide bonds. The molecule has 4 nitrogen and oxygen atoms in total. The lowest BCUT2D eigenvalue weighted by molar-refractivity contribution is 0.259. The zero-order valence-corrected chi connectivity index (χ0v) is 16.2. The summed E-state index contributed by atoms with van der Waals surface area (Å²) in [6.45, 7) is 12.0. The molecular weight excluding hydrogens is 327 g/mol. The standard InChI is InChI=1S/C21H31FN4/c1-4-23-20(26-13-10-19(15-26)25-11-5-6-12-25)24-16-21(2,3)17-8-7-9-18(22)14-17/h5-9,14,19H,4,10-13,15-16H2,1-3H3,(H,23,24). The van der Waals surface area contributed by atoms with Gasteiger partial charge in [-0.05, 0) is 31.0 Å². The predicted octanol–water partition coefficient (Wildman–Crippen LogP) is 3.01. The number of aliphatic imine (C=N–C) groups is 1. The summed E-state index contributed by atoms with van der Waals surface area (Å²) < 4.78 is 13.6. The number of hydrogen-bond acceptors (Lipinski definition) is 2. The molecule has 1 aromatic rings. The third-order valence-corrected chi connectivity index (χ3v) is 5.39. The average molecular weight is 359 g/mol. The summed E-state index contributed by atoms with van der Waals surface area (Å²) in [5, 5.41) is 3.44. The quantitative estimate of drug-likeness (QED) is 0.499. The first-order valence-corrected chi connectivity index (χ1v) is 9.68. The van der Waals surface area contributed by atoms with Crippen molar-refractivity contribution in [3.63, 3.8) is 0 Å². The molecule has 0 spiro atoms. The lowest BCUT2D eigenvalue weighted by Crippen LogP contribution is -2.43. The Morgan fingerprint density at radius 3 is 2.77 bits per heavy atom. The minimum atomic E-state index is -0.208. The number of benzene rings is 1. The van der Waals surface area contributed by atoms with Crippen molar-refractivity contribution in [2.45, 2.75) is 38.6 Å². The summed E-state index contributed by atoms with van der Waals surface area (Å²) in [6.07, 6.45) is 5.69. The summed E-state index contributed by atoms with van der Waals surface area (Å²) in [6, 6.07) is 7.47. The van der Waals surface area contributed by atoms with Crippen LogP contribution in [-0.4, -0.2) is 61.1 Å². The van der Waals surface area contributed by atoms with Gasteiger partial charge in [0.2, 0.25) is 0 Å². The van der Waals surface area contributed by atoms with Crippen molar-refractivity contribution in [3.8, 4) is 0 Å². The minimum absolute atomic E-state index is 0.187. The second-order valence-electron chi connectivity index (χ2n) is 7.88. The highest BCUT2D eigenvalue weighted by atomic mass is 19.1. The maximum Gasteiger partial charge on any atom is 0.193 e. The van der Waals surface area contributed by atoms with Crippen molar-refractivity contribution in [2.75, 3.05) is 39.3 Å². The molecule has 1 aromatic carbocycles. The number of likely N-dealkylation sites (tertiary alicyclic amines) is 1. The summed E-state index contributed by atoms with van der Waals surface area (Å²) in [4.78, 5) is 9.81. The smallest absolute Gasteiger partial charge is 0.193 e. The predicted molar refractivity (Wildman–Crippen MR) is 106 cm³/mol. The van der Waals surface area contributed by atoms with Gasteiger partial charge < -0.3 is 10.2 Å². The molecule has 26 heavy (non-hydrogen) atoms. The van der Waals surface area contributed by atoms with Crippen LogP contribution in [0.5, 0.6) is 0 Å². The van der Waals surface area contributed by atoms with E-state index in [0.717, 1.165) is 44.2 Å². The van der Waals surface area contributed by atoms with E-state index in [9.17, 15) is 4.39 Å². The van der Waals surface area contributed by atoms with Crippen LogP contribution in [0.15, 0.2) is 41.4 Å². The molecule has 2 aliphatic heterocycles. The van der Waals surface area contributed by atoms with Gasteiger partial charge in [-0.1, -0.05) is 38.1 Å². The summed E-state index contributed by atoms with van der Waals surface area (Å²) >= 11 is 0. The van der Waals surface area contributed by atoms with E-state index in [1.54, 1.807) is 12.1 Å². The molecule has 142 valence electrons. The van der Waals surface area contributed by atoms with Crippen molar-refractivity contribution >= 4 is 5.96 Å². The van der Waals surface area contributed by atoms with E-state index in [1.165, 1.54) is 12.5 Å². The molecule has 1 fully saturated rings. The minimum Gasteiger partial charge on any atom is -0.357 e. The lowest BCUT2D eigenvalue weighted by Gasteiger charge is -2.27. The largest absolute Gasteiger partial charge is 0.357 e. The number of hydrogen-bond donors (Lipinski definition) is 1. The van der Waals surface area contributed by atoms with Gasteiger partial charge in [-0.15, -0.1) is 0 Å². The van der Waals surface area contributed by atoms with Crippen LogP contribution in [0.1, 0.15) is 32.8 Å². The van der Waals surface area contributed by atoms with Crippen LogP contribution in [0, 0.1) is 5.82 Å². The van der Waals surface area contributed by atoms with Gasteiger partial charge in [-0.25, -0.2) is 4.39 Å². The Morgan fingerprint density at radius 1 is 1.31 bits per heavy atom. The Kier molecular flexibility index (Phi) is 5.97. The highest BCUT2D eigenvalue weighted by Crippen LogP contribution is 2.25. The van der Waals surface area contributed by atoms with Crippen LogP contribution in [0.2, 0.25) is 0 Å². The molecule has 1 N–H and O–H groups in total. The Morgan fingerprint density at radius 2 is 2.08 bits per heavy atom. The third-order valence-electron chi connectivity index (χ3n) is 5.39. The molecule has 5 heteroatoms. The number of guanidine groups is 1. The van der Waals surface area contributed by atoms with Crippen LogP contribution < -0.4 is 5.32 Å². The van der Waals surface area contributed by atoms with Crippen molar-refractivity contribution in [1.82, 2.24) is 15.1 Å². The summed E-state index contributed by atoms with van der Waals surface area (Å²) in [7, 11) is 0. The molecule has 0 radical (unpaired) electrons. The summed E-state index contributed by atoms with van der Waals surface area (Å²) in [5.41, 5.74) is 0.778. The number of rotatable bonds is 5. The Hall–Kier alpha value is -1.88. The number of nitrogens with one attached hydrogen (secondary N) is 1. The molecule has 0 bridgehead atoms. The SMILES string of the molecule is CCNC(=NCC(C)(C)c1cccc(F)c1)N1CCC(N2CC=CC2)C1. The van der Waals surface area contributed by atoms with E-state index in [-0.39, 0.29) is 11.2 Å². The maximum absolute atomic E-state index is 13.6. The van der Waals surface area contributed by atoms with Gasteiger partial charge >= 0.3 is 0 Å². The number of nitrogens with zero attached hydrogens (tertiary/aromatic N) is 3. The van der Waals surface area contributed by atoms with E-state index in [4.69, 9.17) is 4.99 Å². The first-order valence-electron chi connectivity index (χ1n) is 9.68. The van der Waals surface area contributed by atoms with Gasteiger partial charge in [0.1, 0.15) is 5.82 Å². The molecule has 3 rings (SSSR count). The Bertz CT molecular complexity index is 660. The second kappa shape index (κ2) is 8.21. The summed E-state index contributed by atoms with van der Waals surface area (Å²) in [5.74, 6) is 0.791. The normalized spacial score (nSPS) is 21.6. The van der Waals surface area contributed by atoms with E-state index < -0.39 is 0 Å². The van der Waals surface area contributed by atoms with Crippen molar-refractivity contribution in [2.24, 2.45) is 4.99 Å². The van der Waals surface area contributed by atoms with Crippen molar-refractivity contribution < 1.29 is 4.39 Å². The molecule has 0 aromatic heterocycles. The fraction of sp³-hybridized carbons (Fsp3) is 0.571. The maximum atomic E-state index is 13.6. The highest BCUT2D eigenvalue weighted by Gasteiger charge is 2.30. The third kappa shape index (κ3) is 4.44. The molecule has 0 aliphatic carbocycles. The van der Waals surface area contributed by atoms with Gasteiger partial charge in [-0.3, -0.25) is 9.89 Å². The molecule has 1 unspecified atom stereocenters. The van der Waals surface area contributed by atoms with E-state index in [0.29, 0.717) is 12.6 Å².